The zero-order chi connectivity index (χ0) is 37.1. The summed E-state index contributed by atoms with van der Waals surface area (Å²) in [5, 5.41) is 10.7. The third kappa shape index (κ3) is 5.11. The summed E-state index contributed by atoms with van der Waals surface area (Å²) in [6.07, 6.45) is 0. The molecule has 9 aromatic carbocycles. The molecule has 1 aliphatic rings. The standard InChI is InChI=1S/C54H42Si/c1-37-27-33-47-49(35-37)53(39-30-34-51-48(36-39)44-23-15-16-26-50(44)54(51,2)3)46-25-14-13-24-45(46)52(47)38-28-31-43(32-29-38)55(40-17-7-4-8-18-40,41-19-9-5-10-20-41)42-21-11-6-12-22-42/h4-36H,1-3H3. The van der Waals surface area contributed by atoms with Crippen LogP contribution in [0.5, 0.6) is 0 Å². The van der Waals surface area contributed by atoms with Gasteiger partial charge in [0.05, 0.1) is 0 Å². The number of fused-ring (bicyclic) bond motifs is 5. The van der Waals surface area contributed by atoms with Crippen LogP contribution in [0.2, 0.25) is 0 Å². The average molecular weight is 719 g/mol. The van der Waals surface area contributed by atoms with Gasteiger partial charge in [-0.3, -0.25) is 0 Å². The van der Waals surface area contributed by atoms with Gasteiger partial charge in [0.1, 0.15) is 0 Å². The van der Waals surface area contributed by atoms with Crippen molar-refractivity contribution >= 4 is 50.4 Å². The van der Waals surface area contributed by atoms with E-state index >= 15 is 0 Å². The van der Waals surface area contributed by atoms with E-state index in [2.05, 4.69) is 221 Å². The Morgan fingerprint density at radius 2 is 0.800 bits per heavy atom. The second-order valence-corrected chi connectivity index (χ2v) is 19.5. The molecular formula is C54H42Si. The lowest BCUT2D eigenvalue weighted by atomic mass is 9.81. The Hall–Kier alpha value is -6.28. The van der Waals surface area contributed by atoms with Crippen LogP contribution in [0.15, 0.2) is 200 Å². The van der Waals surface area contributed by atoms with Crippen molar-refractivity contribution in [1.29, 1.82) is 0 Å². The van der Waals surface area contributed by atoms with Gasteiger partial charge < -0.3 is 0 Å². The molecule has 0 unspecified atom stereocenters. The lowest BCUT2D eigenvalue weighted by Gasteiger charge is -2.34. The molecule has 262 valence electrons. The monoisotopic (exact) mass is 718 g/mol. The van der Waals surface area contributed by atoms with Crippen molar-refractivity contribution in [1.82, 2.24) is 0 Å². The van der Waals surface area contributed by atoms with Crippen molar-refractivity contribution in [3.63, 3.8) is 0 Å². The molecule has 0 radical (unpaired) electrons. The summed E-state index contributed by atoms with van der Waals surface area (Å²) >= 11 is 0. The summed E-state index contributed by atoms with van der Waals surface area (Å²) in [7, 11) is -2.64. The summed E-state index contributed by atoms with van der Waals surface area (Å²) in [5.74, 6) is 0. The van der Waals surface area contributed by atoms with Crippen molar-refractivity contribution in [3.05, 3.63) is 217 Å². The molecule has 0 spiro atoms. The number of rotatable bonds is 6. The first kappa shape index (κ1) is 33.3. The van der Waals surface area contributed by atoms with Crippen LogP contribution in [0, 0.1) is 6.92 Å². The second kappa shape index (κ2) is 12.9. The van der Waals surface area contributed by atoms with E-state index < -0.39 is 8.07 Å². The van der Waals surface area contributed by atoms with Crippen LogP contribution >= 0.6 is 0 Å². The maximum absolute atomic E-state index is 2.64. The molecule has 0 atom stereocenters. The van der Waals surface area contributed by atoms with Gasteiger partial charge in [0.25, 0.3) is 0 Å². The van der Waals surface area contributed by atoms with Gasteiger partial charge in [0.15, 0.2) is 8.07 Å². The smallest absolute Gasteiger partial charge is 0.0623 e. The van der Waals surface area contributed by atoms with E-state index in [4.69, 9.17) is 0 Å². The topological polar surface area (TPSA) is 0 Å². The zero-order valence-corrected chi connectivity index (χ0v) is 32.6. The van der Waals surface area contributed by atoms with E-state index in [0.717, 1.165) is 0 Å². The molecular weight excluding hydrogens is 677 g/mol. The van der Waals surface area contributed by atoms with E-state index in [-0.39, 0.29) is 5.41 Å². The van der Waals surface area contributed by atoms with Crippen molar-refractivity contribution in [2.75, 3.05) is 0 Å². The summed E-state index contributed by atoms with van der Waals surface area (Å²) in [6.45, 7) is 6.94. The van der Waals surface area contributed by atoms with Crippen molar-refractivity contribution in [2.24, 2.45) is 0 Å². The van der Waals surface area contributed by atoms with Gasteiger partial charge in [-0.05, 0) is 99.8 Å². The van der Waals surface area contributed by atoms with Crippen LogP contribution in [0.3, 0.4) is 0 Å². The maximum Gasteiger partial charge on any atom is 0.179 e. The summed E-state index contributed by atoms with van der Waals surface area (Å²) < 4.78 is 0. The summed E-state index contributed by atoms with van der Waals surface area (Å²) in [4.78, 5) is 0. The molecule has 10 rings (SSSR count). The van der Waals surface area contributed by atoms with E-state index in [9.17, 15) is 0 Å². The maximum atomic E-state index is 2.46. The van der Waals surface area contributed by atoms with Crippen molar-refractivity contribution < 1.29 is 0 Å². The minimum Gasteiger partial charge on any atom is -0.0623 e. The quantitative estimate of drug-likeness (QED) is 0.0912. The second-order valence-electron chi connectivity index (χ2n) is 15.7. The zero-order valence-electron chi connectivity index (χ0n) is 31.6. The fourth-order valence-electron chi connectivity index (χ4n) is 9.74. The number of hydrogen-bond acceptors (Lipinski definition) is 0. The van der Waals surface area contributed by atoms with E-state index in [1.54, 1.807) is 0 Å². The molecule has 0 saturated carbocycles. The van der Waals surface area contributed by atoms with Crippen LogP contribution in [-0.2, 0) is 5.41 Å². The van der Waals surface area contributed by atoms with E-state index in [1.165, 1.54) is 92.4 Å². The number of hydrogen-bond donors (Lipinski definition) is 0. The van der Waals surface area contributed by atoms with Crippen LogP contribution in [-0.4, -0.2) is 8.07 Å². The van der Waals surface area contributed by atoms with Crippen molar-refractivity contribution in [3.8, 4) is 33.4 Å². The number of aryl methyl sites for hydroxylation is 1. The molecule has 0 saturated heterocycles. The summed E-state index contributed by atoms with van der Waals surface area (Å²) in [5.41, 5.74) is 11.9. The molecule has 0 nitrogen and oxygen atoms in total. The first-order valence-electron chi connectivity index (χ1n) is 19.4. The lowest BCUT2D eigenvalue weighted by molar-refractivity contribution is 0.660. The highest BCUT2D eigenvalue weighted by Crippen LogP contribution is 2.51. The van der Waals surface area contributed by atoms with E-state index in [0.29, 0.717) is 0 Å². The molecule has 1 heteroatoms. The van der Waals surface area contributed by atoms with Gasteiger partial charge in [-0.1, -0.05) is 214 Å². The van der Waals surface area contributed by atoms with Gasteiger partial charge in [0.2, 0.25) is 0 Å². The fraction of sp³-hybridized carbons (Fsp3) is 0.0741. The Labute approximate surface area is 325 Å². The Kier molecular flexibility index (Phi) is 7.83. The third-order valence-corrected chi connectivity index (χ3v) is 17.1. The predicted molar refractivity (Wildman–Crippen MR) is 238 cm³/mol. The molecule has 0 aliphatic heterocycles. The molecule has 0 N–H and O–H groups in total. The molecule has 1 aliphatic carbocycles. The highest BCUT2D eigenvalue weighted by atomic mass is 28.3. The van der Waals surface area contributed by atoms with Crippen LogP contribution in [0.25, 0.3) is 54.9 Å². The number of benzene rings is 9. The normalized spacial score (nSPS) is 13.1. The molecule has 0 heterocycles. The molecule has 9 aromatic rings. The van der Waals surface area contributed by atoms with Gasteiger partial charge in [-0.25, -0.2) is 0 Å². The minimum absolute atomic E-state index is 0.0246. The Balaban J connectivity index is 1.20. The SMILES string of the molecule is Cc1ccc2c(-c3ccc([Si](c4ccccc4)(c4ccccc4)c4ccccc4)cc3)c3ccccc3c(-c3ccc4c(c3)-c3ccccc3C4(C)C)c2c1. The van der Waals surface area contributed by atoms with Gasteiger partial charge in [-0.2, -0.15) is 0 Å². The first-order valence-corrected chi connectivity index (χ1v) is 21.4. The highest BCUT2D eigenvalue weighted by Gasteiger charge is 2.41. The van der Waals surface area contributed by atoms with Gasteiger partial charge in [-0.15, -0.1) is 0 Å². The fourth-order valence-corrected chi connectivity index (χ4v) is 14.5. The summed E-state index contributed by atoms with van der Waals surface area (Å²) in [6, 6.07) is 75.4. The largest absolute Gasteiger partial charge is 0.179 e. The van der Waals surface area contributed by atoms with Gasteiger partial charge >= 0.3 is 0 Å². The highest BCUT2D eigenvalue weighted by molar-refractivity contribution is 7.19. The molecule has 0 aromatic heterocycles. The first-order chi connectivity index (χ1) is 27.0. The molecule has 55 heavy (non-hydrogen) atoms. The predicted octanol–water partition coefficient (Wildman–Crippen LogP) is 11.3. The molecule has 0 fully saturated rings. The Bertz CT molecular complexity index is 2770. The third-order valence-electron chi connectivity index (χ3n) is 12.3. The van der Waals surface area contributed by atoms with Crippen LogP contribution in [0.1, 0.15) is 30.5 Å². The Morgan fingerprint density at radius 3 is 1.40 bits per heavy atom. The van der Waals surface area contributed by atoms with E-state index in [1.807, 2.05) is 0 Å². The van der Waals surface area contributed by atoms with Crippen LogP contribution in [0.4, 0.5) is 0 Å². The van der Waals surface area contributed by atoms with Gasteiger partial charge in [0, 0.05) is 5.41 Å². The minimum atomic E-state index is -2.64. The average Bonchev–Trinajstić information content (AvgIpc) is 3.47. The van der Waals surface area contributed by atoms with Crippen molar-refractivity contribution in [2.45, 2.75) is 26.2 Å². The Morgan fingerprint density at radius 1 is 0.345 bits per heavy atom. The van der Waals surface area contributed by atoms with Crippen LogP contribution < -0.4 is 20.7 Å². The lowest BCUT2D eigenvalue weighted by Crippen LogP contribution is -2.74. The molecule has 0 amide bonds. The molecule has 0 bridgehead atoms.